The molecule has 0 saturated carbocycles. The van der Waals surface area contributed by atoms with E-state index in [4.69, 9.17) is 4.74 Å². The van der Waals surface area contributed by atoms with Crippen molar-refractivity contribution in [3.05, 3.63) is 0 Å². The van der Waals surface area contributed by atoms with Crippen molar-refractivity contribution < 1.29 is 18.7 Å². The summed E-state index contributed by atoms with van der Waals surface area (Å²) in [5, 5.41) is 0. The van der Waals surface area contributed by atoms with Crippen molar-refractivity contribution in [2.24, 2.45) is 11.8 Å². The number of alkyl halides is 1. The average Bonchev–Trinajstić information content (AvgIpc) is 2.10. The molecule has 0 amide bonds. The molecule has 0 aromatic carbocycles. The smallest absolute Gasteiger partial charge is 0.316 e. The molecular formula is C11H19FO3. The summed E-state index contributed by atoms with van der Waals surface area (Å²) in [5.41, 5.74) is -1.99. The number of rotatable bonds is 5. The van der Waals surface area contributed by atoms with Gasteiger partial charge < -0.3 is 4.74 Å². The molecule has 15 heavy (non-hydrogen) atoms. The number of ketones is 1. The summed E-state index contributed by atoms with van der Waals surface area (Å²) >= 11 is 0. The molecule has 0 radical (unpaired) electrons. The van der Waals surface area contributed by atoms with Crippen molar-refractivity contribution in [2.45, 2.75) is 40.3 Å². The second kappa shape index (κ2) is 5.24. The molecule has 1 unspecified atom stereocenters. The molecule has 3 nitrogen and oxygen atoms in total. The Labute approximate surface area is 90.0 Å². The van der Waals surface area contributed by atoms with Crippen LogP contribution in [0.5, 0.6) is 0 Å². The van der Waals surface area contributed by atoms with Crippen LogP contribution in [-0.4, -0.2) is 24.0 Å². The van der Waals surface area contributed by atoms with Crippen molar-refractivity contribution in [3.63, 3.8) is 0 Å². The van der Waals surface area contributed by atoms with E-state index in [1.165, 1.54) is 6.92 Å². The summed E-state index contributed by atoms with van der Waals surface area (Å²) in [6.45, 7) is 7.68. The lowest BCUT2D eigenvalue weighted by molar-refractivity contribution is -0.155. The highest BCUT2D eigenvalue weighted by Crippen LogP contribution is 2.17. The highest BCUT2D eigenvalue weighted by atomic mass is 19.1. The van der Waals surface area contributed by atoms with Gasteiger partial charge in [0.2, 0.25) is 0 Å². The normalized spacial score (nSPS) is 13.8. The van der Waals surface area contributed by atoms with Crippen LogP contribution in [0.1, 0.15) is 34.6 Å². The van der Waals surface area contributed by atoms with Crippen LogP contribution in [0.2, 0.25) is 0 Å². The fraction of sp³-hybridized carbons (Fsp3) is 0.818. The number of halogens is 1. The fourth-order valence-corrected chi connectivity index (χ4v) is 0.996. The van der Waals surface area contributed by atoms with E-state index in [1.54, 1.807) is 0 Å². The number of carbonyl (C=O) groups excluding carboxylic acids is 2. The van der Waals surface area contributed by atoms with E-state index in [9.17, 15) is 14.0 Å². The van der Waals surface area contributed by atoms with Gasteiger partial charge in [-0.1, -0.05) is 13.8 Å². The fourth-order valence-electron chi connectivity index (χ4n) is 0.996. The summed E-state index contributed by atoms with van der Waals surface area (Å²) in [6.07, 6.45) is 0. The van der Waals surface area contributed by atoms with E-state index in [0.29, 0.717) is 0 Å². The summed E-state index contributed by atoms with van der Waals surface area (Å²) < 4.78 is 18.1. The van der Waals surface area contributed by atoms with Gasteiger partial charge >= 0.3 is 5.97 Å². The maximum absolute atomic E-state index is 13.2. The van der Waals surface area contributed by atoms with Gasteiger partial charge in [-0.3, -0.25) is 9.59 Å². The zero-order valence-electron chi connectivity index (χ0n) is 9.96. The molecule has 0 aliphatic heterocycles. The third-order valence-corrected chi connectivity index (χ3v) is 1.89. The van der Waals surface area contributed by atoms with Gasteiger partial charge in [-0.15, -0.1) is 0 Å². The highest BCUT2D eigenvalue weighted by molar-refractivity contribution is 6.02. The van der Waals surface area contributed by atoms with Crippen molar-refractivity contribution in [3.8, 4) is 0 Å². The first-order valence-electron chi connectivity index (χ1n) is 5.06. The first kappa shape index (κ1) is 14.1. The number of carbonyl (C=O) groups is 2. The Hall–Kier alpha value is -0.930. The summed E-state index contributed by atoms with van der Waals surface area (Å²) in [5.74, 6) is -2.23. The molecule has 0 aromatic rings. The van der Waals surface area contributed by atoms with Gasteiger partial charge in [-0.2, -0.15) is 0 Å². The van der Waals surface area contributed by atoms with Crippen molar-refractivity contribution >= 4 is 11.8 Å². The summed E-state index contributed by atoms with van der Waals surface area (Å²) in [6, 6.07) is 0. The minimum Gasteiger partial charge on any atom is -0.465 e. The lowest BCUT2D eigenvalue weighted by Crippen LogP contribution is -2.36. The lowest BCUT2D eigenvalue weighted by Gasteiger charge is -2.17. The number of hydrogen-bond donors (Lipinski definition) is 0. The second-order valence-electron chi connectivity index (χ2n) is 4.58. The van der Waals surface area contributed by atoms with Crippen LogP contribution in [0.25, 0.3) is 0 Å². The van der Waals surface area contributed by atoms with Crippen LogP contribution in [0.4, 0.5) is 4.39 Å². The molecule has 88 valence electrons. The minimum atomic E-state index is -1.99. The van der Waals surface area contributed by atoms with Gasteiger partial charge in [0.25, 0.3) is 0 Å². The maximum Gasteiger partial charge on any atom is 0.316 e. The number of ether oxygens (including phenoxy) is 1. The van der Waals surface area contributed by atoms with Crippen molar-refractivity contribution in [1.29, 1.82) is 0 Å². The molecule has 0 rings (SSSR count). The molecule has 0 aromatic heterocycles. The van der Waals surface area contributed by atoms with Gasteiger partial charge in [-0.05, 0) is 26.7 Å². The van der Waals surface area contributed by atoms with Gasteiger partial charge in [0.05, 0.1) is 6.61 Å². The monoisotopic (exact) mass is 218 g/mol. The van der Waals surface area contributed by atoms with E-state index in [2.05, 4.69) is 0 Å². The van der Waals surface area contributed by atoms with E-state index >= 15 is 0 Å². The molecule has 4 heteroatoms. The standard InChI is InChI=1S/C11H19FO3/c1-7(2)6-15-10(14)8(3)9(13)11(4,5)12/h7-8H,6H2,1-5H3. The first-order chi connectivity index (χ1) is 6.66. The Bertz CT molecular complexity index is 241. The van der Waals surface area contributed by atoms with Crippen LogP contribution < -0.4 is 0 Å². The Balaban J connectivity index is 4.27. The molecule has 0 heterocycles. The number of esters is 1. The minimum absolute atomic E-state index is 0.203. The SMILES string of the molecule is CC(C)COC(=O)C(C)C(=O)C(C)(C)F. The quantitative estimate of drug-likeness (QED) is 0.524. The average molecular weight is 218 g/mol. The molecule has 0 saturated heterocycles. The highest BCUT2D eigenvalue weighted by Gasteiger charge is 2.35. The molecule has 1 atom stereocenters. The van der Waals surface area contributed by atoms with Crippen LogP contribution in [0.3, 0.4) is 0 Å². The van der Waals surface area contributed by atoms with E-state index in [0.717, 1.165) is 13.8 Å². The molecule has 0 aliphatic rings. The molecule has 0 bridgehead atoms. The van der Waals surface area contributed by atoms with Gasteiger partial charge in [0.1, 0.15) is 5.92 Å². The predicted octanol–water partition coefficient (Wildman–Crippen LogP) is 2.14. The molecule has 0 spiro atoms. The van der Waals surface area contributed by atoms with Crippen LogP contribution >= 0.6 is 0 Å². The van der Waals surface area contributed by atoms with Crippen LogP contribution in [0, 0.1) is 11.8 Å². The van der Waals surface area contributed by atoms with Crippen LogP contribution in [0.15, 0.2) is 0 Å². The maximum atomic E-state index is 13.2. The summed E-state index contributed by atoms with van der Waals surface area (Å²) in [4.78, 5) is 22.7. The Morgan fingerprint density at radius 1 is 1.27 bits per heavy atom. The topological polar surface area (TPSA) is 43.4 Å². The van der Waals surface area contributed by atoms with Crippen molar-refractivity contribution in [1.82, 2.24) is 0 Å². The summed E-state index contributed by atoms with van der Waals surface area (Å²) in [7, 11) is 0. The van der Waals surface area contributed by atoms with Crippen molar-refractivity contribution in [2.75, 3.05) is 6.61 Å². The zero-order valence-corrected chi connectivity index (χ0v) is 9.96. The molecular weight excluding hydrogens is 199 g/mol. The second-order valence-corrected chi connectivity index (χ2v) is 4.58. The van der Waals surface area contributed by atoms with E-state index in [1.807, 2.05) is 13.8 Å². The first-order valence-corrected chi connectivity index (χ1v) is 5.06. The van der Waals surface area contributed by atoms with E-state index < -0.39 is 23.3 Å². The largest absolute Gasteiger partial charge is 0.465 e. The zero-order chi connectivity index (χ0) is 12.2. The Morgan fingerprint density at radius 3 is 2.07 bits per heavy atom. The third-order valence-electron chi connectivity index (χ3n) is 1.89. The lowest BCUT2D eigenvalue weighted by atomic mass is 9.94. The Morgan fingerprint density at radius 2 is 1.73 bits per heavy atom. The van der Waals surface area contributed by atoms with Gasteiger partial charge in [0.15, 0.2) is 11.5 Å². The predicted molar refractivity (Wildman–Crippen MR) is 55.2 cm³/mol. The molecule has 0 N–H and O–H groups in total. The van der Waals surface area contributed by atoms with Gasteiger partial charge in [-0.25, -0.2) is 4.39 Å². The Kier molecular flexibility index (Phi) is 4.91. The number of hydrogen-bond acceptors (Lipinski definition) is 3. The van der Waals surface area contributed by atoms with E-state index in [-0.39, 0.29) is 12.5 Å². The third kappa shape index (κ3) is 4.91. The molecule has 0 aliphatic carbocycles. The van der Waals surface area contributed by atoms with Crippen LogP contribution in [-0.2, 0) is 14.3 Å². The van der Waals surface area contributed by atoms with Gasteiger partial charge in [0, 0.05) is 0 Å². The number of Topliss-reactive ketones (excluding diaryl/α,β-unsaturated/α-hetero) is 1. The molecule has 0 fully saturated rings.